The predicted octanol–water partition coefficient (Wildman–Crippen LogP) is 3.67. The number of aromatic nitrogens is 3. The number of allylic oxidation sites excluding steroid dienone is 1. The number of nitrogens with two attached hydrogens (primary N) is 1. The molecule has 0 bridgehead atoms. The zero-order chi connectivity index (χ0) is 19.1. The summed E-state index contributed by atoms with van der Waals surface area (Å²) in [6, 6.07) is 12.4. The fraction of sp³-hybridized carbons (Fsp3) is 0.364. The highest BCUT2D eigenvalue weighted by Crippen LogP contribution is 2.19. The van der Waals surface area contributed by atoms with Gasteiger partial charge < -0.3 is 10.3 Å². The average Bonchev–Trinajstić information content (AvgIpc) is 3.01. The number of para-hydroxylation sites is 2. The number of nitrogens with zero attached hydrogens (tertiary/aromatic N) is 4. The fourth-order valence-electron chi connectivity index (χ4n) is 3.37. The standard InChI is InChI=1S/C22H29N5/c1-3-14-27-21-11-5-4-10-19(21)25-22(27)17-26(15-7-6-12-23)16-20-18(2)9-8-13-24-20/h3-5,8-11,13H,1,6-7,12,14-17,23H2,2H3. The van der Waals surface area contributed by atoms with Gasteiger partial charge in [0.15, 0.2) is 0 Å². The Bertz CT molecular complexity index is 883. The third-order valence-electron chi connectivity index (χ3n) is 4.83. The van der Waals surface area contributed by atoms with Gasteiger partial charge in [-0.15, -0.1) is 6.58 Å². The molecular formula is C22H29N5. The molecule has 0 radical (unpaired) electrons. The molecule has 0 atom stereocenters. The molecule has 5 heteroatoms. The zero-order valence-corrected chi connectivity index (χ0v) is 16.1. The molecular weight excluding hydrogens is 334 g/mol. The first-order valence-corrected chi connectivity index (χ1v) is 9.61. The zero-order valence-electron chi connectivity index (χ0n) is 16.1. The number of hydrogen-bond donors (Lipinski definition) is 1. The maximum Gasteiger partial charge on any atom is 0.124 e. The summed E-state index contributed by atoms with van der Waals surface area (Å²) in [5.41, 5.74) is 10.2. The Morgan fingerprint density at radius 1 is 1.15 bits per heavy atom. The number of fused-ring (bicyclic) bond motifs is 1. The van der Waals surface area contributed by atoms with Crippen molar-refractivity contribution in [2.45, 2.75) is 39.4 Å². The lowest BCUT2D eigenvalue weighted by Crippen LogP contribution is -2.27. The van der Waals surface area contributed by atoms with Crippen LogP contribution < -0.4 is 5.73 Å². The monoisotopic (exact) mass is 363 g/mol. The van der Waals surface area contributed by atoms with E-state index < -0.39 is 0 Å². The molecule has 2 heterocycles. The minimum atomic E-state index is 0.728. The second-order valence-electron chi connectivity index (χ2n) is 6.89. The highest BCUT2D eigenvalue weighted by Gasteiger charge is 2.15. The number of aryl methyl sites for hydroxylation is 1. The van der Waals surface area contributed by atoms with E-state index in [1.807, 2.05) is 24.4 Å². The molecule has 2 aromatic heterocycles. The number of benzene rings is 1. The Morgan fingerprint density at radius 2 is 2.00 bits per heavy atom. The molecule has 0 unspecified atom stereocenters. The van der Waals surface area contributed by atoms with Crippen LogP contribution >= 0.6 is 0 Å². The van der Waals surface area contributed by atoms with Crippen LogP contribution in [0.1, 0.15) is 29.9 Å². The van der Waals surface area contributed by atoms with Crippen molar-refractivity contribution in [2.75, 3.05) is 13.1 Å². The van der Waals surface area contributed by atoms with Gasteiger partial charge in [0.1, 0.15) is 5.82 Å². The number of imidazole rings is 1. The van der Waals surface area contributed by atoms with E-state index in [2.05, 4.69) is 52.2 Å². The number of pyridine rings is 1. The van der Waals surface area contributed by atoms with Crippen molar-refractivity contribution >= 4 is 11.0 Å². The van der Waals surface area contributed by atoms with Crippen molar-refractivity contribution in [3.63, 3.8) is 0 Å². The van der Waals surface area contributed by atoms with Gasteiger partial charge in [-0.25, -0.2) is 4.98 Å². The van der Waals surface area contributed by atoms with Crippen LogP contribution in [-0.2, 0) is 19.6 Å². The molecule has 0 saturated heterocycles. The summed E-state index contributed by atoms with van der Waals surface area (Å²) in [4.78, 5) is 11.9. The van der Waals surface area contributed by atoms with Crippen LogP contribution in [0.15, 0.2) is 55.3 Å². The van der Waals surface area contributed by atoms with E-state index in [1.54, 1.807) is 0 Å². The first-order valence-electron chi connectivity index (χ1n) is 9.61. The van der Waals surface area contributed by atoms with E-state index >= 15 is 0 Å². The summed E-state index contributed by atoms with van der Waals surface area (Å²) in [5.74, 6) is 1.07. The van der Waals surface area contributed by atoms with E-state index in [1.165, 1.54) is 5.56 Å². The van der Waals surface area contributed by atoms with Crippen LogP contribution in [-0.4, -0.2) is 32.5 Å². The summed E-state index contributed by atoms with van der Waals surface area (Å²) in [5, 5.41) is 0. The van der Waals surface area contributed by atoms with Gasteiger partial charge in [0.05, 0.1) is 23.3 Å². The van der Waals surface area contributed by atoms with Gasteiger partial charge in [0.2, 0.25) is 0 Å². The highest BCUT2D eigenvalue weighted by atomic mass is 15.2. The minimum absolute atomic E-state index is 0.728. The second-order valence-corrected chi connectivity index (χ2v) is 6.89. The molecule has 0 amide bonds. The van der Waals surface area contributed by atoms with Gasteiger partial charge in [-0.05, 0) is 56.6 Å². The first-order chi connectivity index (χ1) is 13.2. The molecule has 142 valence electrons. The fourth-order valence-corrected chi connectivity index (χ4v) is 3.37. The summed E-state index contributed by atoms with van der Waals surface area (Å²) in [7, 11) is 0. The Hall–Kier alpha value is -2.50. The lowest BCUT2D eigenvalue weighted by atomic mass is 10.2. The molecule has 5 nitrogen and oxygen atoms in total. The van der Waals surface area contributed by atoms with Gasteiger partial charge >= 0.3 is 0 Å². The topological polar surface area (TPSA) is 60.0 Å². The maximum atomic E-state index is 5.70. The second kappa shape index (κ2) is 9.44. The SMILES string of the molecule is C=CCn1c(CN(CCCCN)Cc2ncccc2C)nc2ccccc21. The van der Waals surface area contributed by atoms with Crippen molar-refractivity contribution in [2.24, 2.45) is 5.73 Å². The Balaban J connectivity index is 1.86. The van der Waals surface area contributed by atoms with Crippen LogP contribution in [0.4, 0.5) is 0 Å². The third kappa shape index (κ3) is 4.81. The van der Waals surface area contributed by atoms with Gasteiger partial charge in [-0.1, -0.05) is 24.3 Å². The van der Waals surface area contributed by atoms with Gasteiger partial charge in [-0.2, -0.15) is 0 Å². The highest BCUT2D eigenvalue weighted by molar-refractivity contribution is 5.75. The van der Waals surface area contributed by atoms with E-state index in [4.69, 9.17) is 10.7 Å². The van der Waals surface area contributed by atoms with Crippen LogP contribution in [0.2, 0.25) is 0 Å². The third-order valence-corrected chi connectivity index (χ3v) is 4.83. The molecule has 27 heavy (non-hydrogen) atoms. The van der Waals surface area contributed by atoms with E-state index in [0.717, 1.165) is 68.1 Å². The molecule has 3 rings (SSSR count). The van der Waals surface area contributed by atoms with Crippen LogP contribution in [0.5, 0.6) is 0 Å². The number of rotatable bonds is 10. The summed E-state index contributed by atoms with van der Waals surface area (Å²) in [6.45, 7) is 10.1. The number of unbranched alkanes of at least 4 members (excludes halogenated alkanes) is 1. The largest absolute Gasteiger partial charge is 0.330 e. The Labute approximate surface area is 161 Å². The summed E-state index contributed by atoms with van der Waals surface area (Å²) in [6.07, 6.45) is 5.90. The van der Waals surface area contributed by atoms with Gasteiger partial charge in [0.25, 0.3) is 0 Å². The maximum absolute atomic E-state index is 5.70. The molecule has 0 fully saturated rings. The molecule has 0 aliphatic heterocycles. The molecule has 1 aromatic carbocycles. The quantitative estimate of drug-likeness (QED) is 0.441. The van der Waals surface area contributed by atoms with Crippen LogP contribution in [0.3, 0.4) is 0 Å². The normalized spacial score (nSPS) is 11.4. The van der Waals surface area contributed by atoms with Crippen molar-refractivity contribution < 1.29 is 0 Å². The molecule has 0 saturated carbocycles. The Morgan fingerprint density at radius 3 is 2.78 bits per heavy atom. The van der Waals surface area contributed by atoms with Crippen LogP contribution in [0.25, 0.3) is 11.0 Å². The number of hydrogen-bond acceptors (Lipinski definition) is 4. The minimum Gasteiger partial charge on any atom is -0.330 e. The van der Waals surface area contributed by atoms with E-state index in [9.17, 15) is 0 Å². The first kappa shape index (κ1) is 19.3. The predicted molar refractivity (Wildman–Crippen MR) is 111 cm³/mol. The Kier molecular flexibility index (Phi) is 6.74. The van der Waals surface area contributed by atoms with Crippen molar-refractivity contribution in [1.82, 2.24) is 19.4 Å². The van der Waals surface area contributed by atoms with E-state index in [0.29, 0.717) is 0 Å². The smallest absolute Gasteiger partial charge is 0.124 e. The molecule has 3 aromatic rings. The average molecular weight is 364 g/mol. The molecule has 2 N–H and O–H groups in total. The van der Waals surface area contributed by atoms with E-state index in [-0.39, 0.29) is 0 Å². The van der Waals surface area contributed by atoms with Gasteiger partial charge in [0, 0.05) is 19.3 Å². The van der Waals surface area contributed by atoms with Gasteiger partial charge in [-0.3, -0.25) is 9.88 Å². The lowest BCUT2D eigenvalue weighted by Gasteiger charge is -2.23. The summed E-state index contributed by atoms with van der Waals surface area (Å²) >= 11 is 0. The summed E-state index contributed by atoms with van der Waals surface area (Å²) < 4.78 is 2.25. The lowest BCUT2D eigenvalue weighted by molar-refractivity contribution is 0.240. The molecule has 0 aliphatic rings. The van der Waals surface area contributed by atoms with Crippen molar-refractivity contribution in [3.05, 3.63) is 72.3 Å². The van der Waals surface area contributed by atoms with Crippen LogP contribution in [0, 0.1) is 6.92 Å². The van der Waals surface area contributed by atoms with Crippen molar-refractivity contribution in [3.8, 4) is 0 Å². The molecule has 0 spiro atoms. The van der Waals surface area contributed by atoms with Crippen molar-refractivity contribution in [1.29, 1.82) is 0 Å². The molecule has 0 aliphatic carbocycles.